The van der Waals surface area contributed by atoms with Crippen LogP contribution in [0.2, 0.25) is 0 Å². The van der Waals surface area contributed by atoms with Gasteiger partial charge in [-0.05, 0) is 0 Å². The van der Waals surface area contributed by atoms with Gasteiger partial charge in [0.2, 0.25) is 0 Å². The number of hydrogen-bond donors (Lipinski definition) is 2. The monoisotopic (exact) mass is 108 g/mol. The molecule has 0 bridgehead atoms. The molecule has 0 spiro atoms. The lowest BCUT2D eigenvalue weighted by molar-refractivity contribution is 0.585. The molecule has 2 N–H and O–H groups in total. The summed E-state index contributed by atoms with van der Waals surface area (Å²) in [5.74, 6) is 0. The van der Waals surface area contributed by atoms with Crippen molar-refractivity contribution >= 4 is 25.2 Å². The van der Waals surface area contributed by atoms with Gasteiger partial charge in [0.05, 0.1) is 0 Å². The van der Waals surface area contributed by atoms with E-state index < -0.39 is 0 Å². The number of rotatable bonds is 2. The maximum absolute atomic E-state index is 6.10. The number of ether oxygens (including phenoxy) is 1. The summed E-state index contributed by atoms with van der Waals surface area (Å²) < 4.78 is 3.92. The summed E-state index contributed by atoms with van der Waals surface area (Å²) in [6.07, 6.45) is 1.38. The standard InChI is InChI=1S/C2H4N2O.ClH/c3-1-5-2-4;/h1-4H;1H. The molecule has 0 aromatic carbocycles. The van der Waals surface area contributed by atoms with Crippen molar-refractivity contribution in [3.8, 4) is 0 Å². The van der Waals surface area contributed by atoms with Crippen LogP contribution in [0.15, 0.2) is 0 Å². The van der Waals surface area contributed by atoms with Crippen LogP contribution in [0.25, 0.3) is 0 Å². The molecule has 0 aliphatic carbocycles. The van der Waals surface area contributed by atoms with Crippen molar-refractivity contribution in [3.05, 3.63) is 0 Å². The molecule has 0 fully saturated rings. The Hall–Kier alpha value is -0.570. The van der Waals surface area contributed by atoms with Crippen molar-refractivity contribution in [2.24, 2.45) is 0 Å². The molecule has 4 heteroatoms. The molecule has 0 aliphatic heterocycles. The first-order valence-corrected chi connectivity index (χ1v) is 1.05. The lowest BCUT2D eigenvalue weighted by Crippen LogP contribution is -1.74. The average Bonchev–Trinajstić information content (AvgIpc) is 1.41. The van der Waals surface area contributed by atoms with Crippen LogP contribution in [0.3, 0.4) is 0 Å². The second kappa shape index (κ2) is 8.83. The minimum atomic E-state index is 0. The first kappa shape index (κ1) is 9.06. The fraction of sp³-hybridized carbons (Fsp3) is 0. The average molecular weight is 109 g/mol. The number of hydrogen-bond acceptors (Lipinski definition) is 3. The molecule has 0 atom stereocenters. The van der Waals surface area contributed by atoms with E-state index in [-0.39, 0.29) is 12.4 Å². The van der Waals surface area contributed by atoms with Gasteiger partial charge in [-0.3, -0.25) is 10.8 Å². The third-order valence-electron chi connectivity index (χ3n) is 0.136. The van der Waals surface area contributed by atoms with Crippen molar-refractivity contribution in [2.75, 3.05) is 0 Å². The van der Waals surface area contributed by atoms with E-state index in [0.29, 0.717) is 12.8 Å². The molecular weight excluding hydrogens is 103 g/mol. The van der Waals surface area contributed by atoms with Crippen molar-refractivity contribution in [3.63, 3.8) is 0 Å². The van der Waals surface area contributed by atoms with Crippen LogP contribution < -0.4 is 0 Å². The fourth-order valence-electron chi connectivity index (χ4n) is 0.0340. The highest BCUT2D eigenvalue weighted by molar-refractivity contribution is 5.85. The molecule has 0 aromatic heterocycles. The molecule has 0 aliphatic rings. The summed E-state index contributed by atoms with van der Waals surface area (Å²) in [5.41, 5.74) is 0. The van der Waals surface area contributed by atoms with E-state index >= 15 is 0 Å². The molecule has 0 rings (SSSR count). The van der Waals surface area contributed by atoms with Crippen LogP contribution in [0.5, 0.6) is 0 Å². The van der Waals surface area contributed by atoms with Crippen LogP contribution in [0.1, 0.15) is 0 Å². The van der Waals surface area contributed by atoms with Gasteiger partial charge >= 0.3 is 0 Å². The third kappa shape index (κ3) is 9.90. The Kier molecular flexibility index (Phi) is 13.3. The highest BCUT2D eigenvalue weighted by Gasteiger charge is 1.50. The van der Waals surface area contributed by atoms with Gasteiger partial charge in [-0.2, -0.15) is 0 Å². The van der Waals surface area contributed by atoms with Gasteiger partial charge in [-0.15, -0.1) is 12.4 Å². The summed E-state index contributed by atoms with van der Waals surface area (Å²) in [6.45, 7) is 0. The highest BCUT2D eigenvalue weighted by Crippen LogP contribution is 1.43. The van der Waals surface area contributed by atoms with Gasteiger partial charge < -0.3 is 4.74 Å². The van der Waals surface area contributed by atoms with E-state index in [9.17, 15) is 0 Å². The largest absolute Gasteiger partial charge is 0.435 e. The van der Waals surface area contributed by atoms with Crippen molar-refractivity contribution in [2.45, 2.75) is 0 Å². The Morgan fingerprint density at radius 1 is 1.17 bits per heavy atom. The van der Waals surface area contributed by atoms with Gasteiger partial charge in [0.1, 0.15) is 0 Å². The van der Waals surface area contributed by atoms with Crippen molar-refractivity contribution in [1.82, 2.24) is 0 Å². The Morgan fingerprint density at radius 2 is 1.50 bits per heavy atom. The predicted molar refractivity (Wildman–Crippen MR) is 25.9 cm³/mol. The number of halogens is 1. The number of nitrogens with one attached hydrogen (secondary N) is 2. The molecule has 0 amide bonds. The van der Waals surface area contributed by atoms with Crippen molar-refractivity contribution in [1.29, 1.82) is 10.8 Å². The second-order valence-electron chi connectivity index (χ2n) is 0.372. The summed E-state index contributed by atoms with van der Waals surface area (Å²) in [6, 6.07) is 0. The van der Waals surface area contributed by atoms with Crippen LogP contribution in [0, 0.1) is 10.8 Å². The van der Waals surface area contributed by atoms with Crippen LogP contribution in [-0.4, -0.2) is 12.8 Å². The Bertz CT molecular complexity index is 40.8. The molecule has 3 nitrogen and oxygen atoms in total. The smallest absolute Gasteiger partial charge is 0.175 e. The Balaban J connectivity index is 0. The topological polar surface area (TPSA) is 56.9 Å². The minimum Gasteiger partial charge on any atom is -0.435 e. The van der Waals surface area contributed by atoms with E-state index in [1.807, 2.05) is 0 Å². The van der Waals surface area contributed by atoms with Crippen molar-refractivity contribution < 1.29 is 4.74 Å². The fourth-order valence-corrected chi connectivity index (χ4v) is 0.0340. The zero-order valence-electron chi connectivity index (χ0n) is 2.97. The normalized spacial score (nSPS) is 4.67. The minimum absolute atomic E-state index is 0. The first-order chi connectivity index (χ1) is 2.41. The van der Waals surface area contributed by atoms with E-state index in [2.05, 4.69) is 4.74 Å². The van der Waals surface area contributed by atoms with Gasteiger partial charge in [0.25, 0.3) is 0 Å². The predicted octanol–water partition coefficient (Wildman–Crippen LogP) is 0.639. The molecular formula is C2H5ClN2O. The molecule has 0 heterocycles. The molecule has 0 saturated carbocycles. The summed E-state index contributed by atoms with van der Waals surface area (Å²) >= 11 is 0. The van der Waals surface area contributed by atoms with Gasteiger partial charge in [0, 0.05) is 0 Å². The van der Waals surface area contributed by atoms with Gasteiger partial charge in [0.15, 0.2) is 12.8 Å². The summed E-state index contributed by atoms with van der Waals surface area (Å²) in [5, 5.41) is 12.2. The molecule has 6 heavy (non-hydrogen) atoms. The summed E-state index contributed by atoms with van der Waals surface area (Å²) in [4.78, 5) is 0. The molecule has 0 aromatic rings. The van der Waals surface area contributed by atoms with Crippen LogP contribution in [-0.2, 0) is 4.74 Å². The Morgan fingerprint density at radius 3 is 1.50 bits per heavy atom. The maximum Gasteiger partial charge on any atom is 0.175 e. The summed E-state index contributed by atoms with van der Waals surface area (Å²) in [7, 11) is 0. The van der Waals surface area contributed by atoms with Gasteiger partial charge in [-0.1, -0.05) is 0 Å². The highest BCUT2D eigenvalue weighted by atomic mass is 35.5. The SMILES string of the molecule is Cl.N=COC=N. The lowest BCUT2D eigenvalue weighted by Gasteiger charge is -1.72. The molecule has 0 saturated heterocycles. The zero-order chi connectivity index (χ0) is 4.12. The van der Waals surface area contributed by atoms with E-state index in [1.54, 1.807) is 0 Å². The first-order valence-electron chi connectivity index (χ1n) is 1.05. The molecule has 36 valence electrons. The zero-order valence-corrected chi connectivity index (χ0v) is 3.79. The lowest BCUT2D eigenvalue weighted by atomic mass is 11.4. The maximum atomic E-state index is 6.10. The molecule has 0 unspecified atom stereocenters. The van der Waals surface area contributed by atoms with Crippen LogP contribution >= 0.6 is 12.4 Å². The van der Waals surface area contributed by atoms with Crippen LogP contribution in [0.4, 0.5) is 0 Å². The van der Waals surface area contributed by atoms with E-state index in [0.717, 1.165) is 0 Å². The third-order valence-corrected chi connectivity index (χ3v) is 0.136. The van der Waals surface area contributed by atoms with Gasteiger partial charge in [-0.25, -0.2) is 0 Å². The second-order valence-corrected chi connectivity index (χ2v) is 0.372. The van der Waals surface area contributed by atoms with E-state index in [1.165, 1.54) is 0 Å². The Labute approximate surface area is 41.7 Å². The van der Waals surface area contributed by atoms with E-state index in [4.69, 9.17) is 10.8 Å². The molecule has 0 radical (unpaired) electrons. The quantitative estimate of drug-likeness (QED) is 0.396.